The van der Waals surface area contributed by atoms with Gasteiger partial charge in [0.15, 0.2) is 0 Å². The topological polar surface area (TPSA) is 61.4 Å². The summed E-state index contributed by atoms with van der Waals surface area (Å²) < 4.78 is 3.53. The van der Waals surface area contributed by atoms with Crippen LogP contribution in [0.1, 0.15) is 0 Å². The minimum atomic E-state index is 0. The first-order chi connectivity index (χ1) is 13.9. The molecule has 0 saturated heterocycles. The first-order valence-corrected chi connectivity index (χ1v) is 8.88. The molecule has 6 rings (SSSR count). The van der Waals surface area contributed by atoms with Crippen LogP contribution in [-0.2, 0) is 21.7 Å². The standard InChI is InChI=1S/2C11H8N3.2ClH.Ti/c2*1-2-4-10-6-11(5-9(10)3-1)14-8-12-7-13-14;;;/h2*1-8H;2*1H;/q2*-1;;;+4/p-2. The molecule has 0 radical (unpaired) electrons. The Morgan fingerprint density at radius 3 is 1.39 bits per heavy atom. The summed E-state index contributed by atoms with van der Waals surface area (Å²) in [5.74, 6) is 0. The van der Waals surface area contributed by atoms with Crippen LogP contribution < -0.4 is 24.8 Å². The summed E-state index contributed by atoms with van der Waals surface area (Å²) in [5.41, 5.74) is 2.12. The van der Waals surface area contributed by atoms with Crippen molar-refractivity contribution in [1.82, 2.24) is 29.5 Å². The summed E-state index contributed by atoms with van der Waals surface area (Å²) in [6.07, 6.45) is 6.48. The first kappa shape index (κ1) is 24.5. The number of hydrogen-bond donors (Lipinski definition) is 0. The predicted molar refractivity (Wildman–Crippen MR) is 109 cm³/mol. The zero-order valence-corrected chi connectivity index (χ0v) is 19.3. The first-order valence-electron chi connectivity index (χ1n) is 8.88. The molecule has 6 nitrogen and oxygen atoms in total. The maximum Gasteiger partial charge on any atom is 4.00 e. The molecule has 0 bridgehead atoms. The fourth-order valence-corrected chi connectivity index (χ4v) is 3.22. The molecule has 0 atom stereocenters. The Labute approximate surface area is 206 Å². The molecule has 152 valence electrons. The second kappa shape index (κ2) is 11.0. The largest absolute Gasteiger partial charge is 4.00 e. The normalized spacial score (nSPS) is 9.81. The fourth-order valence-electron chi connectivity index (χ4n) is 3.22. The third-order valence-electron chi connectivity index (χ3n) is 4.57. The minimum absolute atomic E-state index is 0. The van der Waals surface area contributed by atoms with Crippen molar-refractivity contribution in [3.8, 4) is 11.4 Å². The molecule has 4 aromatic carbocycles. The van der Waals surface area contributed by atoms with Crippen LogP contribution in [0.25, 0.3) is 32.9 Å². The summed E-state index contributed by atoms with van der Waals surface area (Å²) >= 11 is 0. The molecule has 0 fully saturated rings. The number of rotatable bonds is 2. The van der Waals surface area contributed by atoms with Gasteiger partial charge in [-0.05, 0) is 11.4 Å². The van der Waals surface area contributed by atoms with Crippen molar-refractivity contribution in [2.75, 3.05) is 0 Å². The molecular weight excluding hydrogens is 467 g/mol. The summed E-state index contributed by atoms with van der Waals surface area (Å²) in [6, 6.07) is 24.9. The maximum atomic E-state index is 4.09. The summed E-state index contributed by atoms with van der Waals surface area (Å²) in [4.78, 5) is 7.84. The van der Waals surface area contributed by atoms with E-state index in [2.05, 4.69) is 68.7 Å². The quantitative estimate of drug-likeness (QED) is 0.218. The van der Waals surface area contributed by atoms with Gasteiger partial charge in [0.25, 0.3) is 0 Å². The van der Waals surface area contributed by atoms with Gasteiger partial charge in [-0.25, -0.2) is 19.3 Å². The SMILES string of the molecule is [Cl-].[Cl-].[Ti+4].c1ccc2[cH-]c(-n3cncn3)cc2c1.c1ccc2[cH-]c(-n3cncn3)cc2c1. The van der Waals surface area contributed by atoms with Crippen molar-refractivity contribution in [2.45, 2.75) is 0 Å². The average Bonchev–Trinajstić information content (AvgIpc) is 3.54. The molecule has 0 aliphatic carbocycles. The molecule has 0 unspecified atom stereocenters. The molecule has 0 saturated carbocycles. The molecule has 2 aromatic heterocycles. The van der Waals surface area contributed by atoms with E-state index in [0.29, 0.717) is 0 Å². The van der Waals surface area contributed by atoms with Crippen molar-refractivity contribution in [2.24, 2.45) is 0 Å². The summed E-state index contributed by atoms with van der Waals surface area (Å²) in [6.45, 7) is 0. The molecular formula is C22H16Cl2N6Ti. The predicted octanol–water partition coefficient (Wildman–Crippen LogP) is -1.72. The number of nitrogens with zero attached hydrogens (tertiary/aromatic N) is 6. The number of hydrogen-bond acceptors (Lipinski definition) is 4. The average molecular weight is 483 g/mol. The maximum absolute atomic E-state index is 4.09. The molecule has 0 aliphatic heterocycles. The molecule has 6 aromatic rings. The number of halogens is 2. The Balaban J connectivity index is 0.000000201. The third kappa shape index (κ3) is 5.29. The summed E-state index contributed by atoms with van der Waals surface area (Å²) in [7, 11) is 0. The Hall–Kier alpha value is -2.77. The van der Waals surface area contributed by atoms with E-state index in [0.717, 1.165) is 11.4 Å². The fraction of sp³-hybridized carbons (Fsp3) is 0. The Morgan fingerprint density at radius 2 is 1.03 bits per heavy atom. The van der Waals surface area contributed by atoms with Gasteiger partial charge in [-0.2, -0.15) is 10.2 Å². The molecule has 2 heterocycles. The molecule has 0 aliphatic rings. The van der Waals surface area contributed by atoms with Gasteiger partial charge in [-0.15, -0.1) is 82.2 Å². The van der Waals surface area contributed by atoms with Crippen LogP contribution >= 0.6 is 0 Å². The third-order valence-corrected chi connectivity index (χ3v) is 4.57. The molecule has 0 amide bonds. The van der Waals surface area contributed by atoms with Gasteiger partial charge in [0, 0.05) is 0 Å². The van der Waals surface area contributed by atoms with Gasteiger partial charge in [0.05, 0.1) is 0 Å². The zero-order valence-electron chi connectivity index (χ0n) is 16.2. The second-order valence-corrected chi connectivity index (χ2v) is 6.37. The van der Waals surface area contributed by atoms with Gasteiger partial charge in [0.2, 0.25) is 0 Å². The smallest absolute Gasteiger partial charge is 1.00 e. The van der Waals surface area contributed by atoms with Crippen LogP contribution in [0.2, 0.25) is 0 Å². The van der Waals surface area contributed by atoms with Crippen molar-refractivity contribution >= 4 is 21.5 Å². The second-order valence-electron chi connectivity index (χ2n) is 6.37. The van der Waals surface area contributed by atoms with Crippen molar-refractivity contribution in [3.05, 3.63) is 98.1 Å². The zero-order chi connectivity index (χ0) is 18.8. The van der Waals surface area contributed by atoms with Gasteiger partial charge in [0.1, 0.15) is 25.3 Å². The monoisotopic (exact) mass is 482 g/mol. The van der Waals surface area contributed by atoms with Gasteiger partial charge in [-0.3, -0.25) is 0 Å². The van der Waals surface area contributed by atoms with E-state index in [9.17, 15) is 0 Å². The minimum Gasteiger partial charge on any atom is -1.00 e. The van der Waals surface area contributed by atoms with Gasteiger partial charge < -0.3 is 24.8 Å². The van der Waals surface area contributed by atoms with Crippen molar-refractivity contribution in [1.29, 1.82) is 0 Å². The number of benzene rings is 2. The van der Waals surface area contributed by atoms with E-state index in [-0.39, 0.29) is 46.5 Å². The summed E-state index contributed by atoms with van der Waals surface area (Å²) in [5, 5.41) is 13.1. The van der Waals surface area contributed by atoms with E-state index < -0.39 is 0 Å². The number of fused-ring (bicyclic) bond motifs is 2. The van der Waals surface area contributed by atoms with E-state index in [1.807, 2.05) is 24.3 Å². The van der Waals surface area contributed by atoms with E-state index in [1.54, 1.807) is 22.0 Å². The molecule has 0 N–H and O–H groups in total. The van der Waals surface area contributed by atoms with E-state index >= 15 is 0 Å². The van der Waals surface area contributed by atoms with Crippen LogP contribution in [0, 0.1) is 0 Å². The Morgan fingerprint density at radius 1 is 0.613 bits per heavy atom. The number of aromatic nitrogens is 6. The Bertz CT molecular complexity index is 1150. The van der Waals surface area contributed by atoms with Gasteiger partial charge in [-0.1, -0.05) is 12.1 Å². The Kier molecular flexibility index (Phi) is 8.71. The van der Waals surface area contributed by atoms with Crippen molar-refractivity contribution < 1.29 is 46.5 Å². The molecule has 31 heavy (non-hydrogen) atoms. The van der Waals surface area contributed by atoms with Crippen LogP contribution in [0.3, 0.4) is 0 Å². The van der Waals surface area contributed by atoms with Crippen LogP contribution in [-0.4, -0.2) is 29.5 Å². The van der Waals surface area contributed by atoms with Crippen LogP contribution in [0.4, 0.5) is 0 Å². The van der Waals surface area contributed by atoms with E-state index in [4.69, 9.17) is 0 Å². The molecule has 0 spiro atoms. The van der Waals surface area contributed by atoms with Crippen molar-refractivity contribution in [3.63, 3.8) is 0 Å². The van der Waals surface area contributed by atoms with E-state index in [1.165, 1.54) is 34.2 Å². The van der Waals surface area contributed by atoms with Crippen LogP contribution in [0.15, 0.2) is 98.1 Å². The molecule has 9 heteroatoms. The van der Waals surface area contributed by atoms with Crippen LogP contribution in [0.5, 0.6) is 0 Å². The van der Waals surface area contributed by atoms with Gasteiger partial charge >= 0.3 is 21.7 Å².